The van der Waals surface area contributed by atoms with Gasteiger partial charge in [-0.1, -0.05) is 0 Å². The SMILES string of the molecule is COc1cc2nccc(Oc3ccc4c(c3)OCCN4C(=O)Nc3nccs3)c2cc1C(N)=O. The Hall–Kier alpha value is -4.38. The minimum Gasteiger partial charge on any atom is -0.496 e. The lowest BCUT2D eigenvalue weighted by Crippen LogP contribution is -2.40. The molecule has 3 N–H and O–H groups in total. The summed E-state index contributed by atoms with van der Waals surface area (Å²) in [4.78, 5) is 34.6. The molecule has 0 saturated carbocycles. The van der Waals surface area contributed by atoms with Gasteiger partial charge in [0, 0.05) is 35.3 Å². The molecule has 0 fully saturated rings. The van der Waals surface area contributed by atoms with Gasteiger partial charge in [-0.15, -0.1) is 11.3 Å². The Labute approximate surface area is 197 Å². The molecule has 0 radical (unpaired) electrons. The Morgan fingerprint density at radius 3 is 2.79 bits per heavy atom. The number of ether oxygens (including phenoxy) is 3. The number of nitrogens with two attached hydrogens (primary N) is 1. The minimum atomic E-state index is -0.619. The molecule has 0 unspecified atom stereocenters. The van der Waals surface area contributed by atoms with Crippen LogP contribution in [0.1, 0.15) is 10.4 Å². The van der Waals surface area contributed by atoms with E-state index in [2.05, 4.69) is 15.3 Å². The molecule has 3 amide bonds. The molecule has 0 aliphatic carbocycles. The van der Waals surface area contributed by atoms with Crippen LogP contribution in [0.15, 0.2) is 54.2 Å². The fraction of sp³-hybridized carbons (Fsp3) is 0.130. The van der Waals surface area contributed by atoms with Gasteiger partial charge in [-0.3, -0.25) is 20.0 Å². The highest BCUT2D eigenvalue weighted by Gasteiger charge is 2.25. The second-order valence-corrected chi connectivity index (χ2v) is 8.14. The maximum atomic E-state index is 12.7. The molecule has 0 bridgehead atoms. The highest BCUT2D eigenvalue weighted by atomic mass is 32.1. The Morgan fingerprint density at radius 2 is 2.03 bits per heavy atom. The lowest BCUT2D eigenvalue weighted by molar-refractivity contribution is 0.0997. The first-order valence-corrected chi connectivity index (χ1v) is 11.1. The van der Waals surface area contributed by atoms with Crippen LogP contribution in [0, 0.1) is 0 Å². The van der Waals surface area contributed by atoms with E-state index in [0.717, 1.165) is 0 Å². The molecular weight excluding hydrogens is 458 g/mol. The van der Waals surface area contributed by atoms with E-state index >= 15 is 0 Å². The molecule has 0 atom stereocenters. The van der Waals surface area contributed by atoms with Crippen molar-refractivity contribution >= 4 is 45.0 Å². The van der Waals surface area contributed by atoms with E-state index in [4.69, 9.17) is 19.9 Å². The van der Waals surface area contributed by atoms with Gasteiger partial charge in [0.05, 0.1) is 30.4 Å². The average molecular weight is 478 g/mol. The number of pyridine rings is 1. The number of aromatic nitrogens is 2. The Bertz CT molecular complexity index is 1390. The van der Waals surface area contributed by atoms with Crippen LogP contribution in [0.25, 0.3) is 10.9 Å². The summed E-state index contributed by atoms with van der Waals surface area (Å²) in [5, 5.41) is 5.69. The number of urea groups is 1. The first-order chi connectivity index (χ1) is 16.5. The van der Waals surface area contributed by atoms with E-state index in [-0.39, 0.29) is 11.6 Å². The molecule has 172 valence electrons. The van der Waals surface area contributed by atoms with E-state index in [1.165, 1.54) is 18.4 Å². The van der Waals surface area contributed by atoms with Gasteiger partial charge >= 0.3 is 6.03 Å². The monoisotopic (exact) mass is 477 g/mol. The van der Waals surface area contributed by atoms with E-state index in [9.17, 15) is 9.59 Å². The zero-order valence-electron chi connectivity index (χ0n) is 18.0. The molecule has 0 spiro atoms. The lowest BCUT2D eigenvalue weighted by Gasteiger charge is -2.29. The van der Waals surface area contributed by atoms with Crippen LogP contribution < -0.4 is 30.2 Å². The van der Waals surface area contributed by atoms with Crippen LogP contribution in [-0.4, -0.2) is 42.2 Å². The normalized spacial score (nSPS) is 12.6. The third kappa shape index (κ3) is 4.04. The number of thiazole rings is 1. The molecular formula is C23H19N5O5S. The highest BCUT2D eigenvalue weighted by molar-refractivity contribution is 7.13. The van der Waals surface area contributed by atoms with Gasteiger partial charge in [0.15, 0.2) is 5.13 Å². The number of methoxy groups -OCH3 is 1. The molecule has 2 aromatic heterocycles. The van der Waals surface area contributed by atoms with E-state index in [1.54, 1.807) is 59.1 Å². The second kappa shape index (κ2) is 8.87. The Morgan fingerprint density at radius 1 is 1.15 bits per heavy atom. The van der Waals surface area contributed by atoms with Crippen LogP contribution in [-0.2, 0) is 0 Å². The molecule has 11 heteroatoms. The average Bonchev–Trinajstić information content (AvgIpc) is 3.35. The van der Waals surface area contributed by atoms with Crippen molar-refractivity contribution in [2.24, 2.45) is 5.73 Å². The number of nitrogens with zero attached hydrogens (tertiary/aromatic N) is 3. The van der Waals surface area contributed by atoms with Crippen LogP contribution in [0.4, 0.5) is 15.6 Å². The predicted molar refractivity (Wildman–Crippen MR) is 127 cm³/mol. The fourth-order valence-electron chi connectivity index (χ4n) is 3.64. The zero-order valence-corrected chi connectivity index (χ0v) is 18.8. The summed E-state index contributed by atoms with van der Waals surface area (Å²) < 4.78 is 17.1. The molecule has 34 heavy (non-hydrogen) atoms. The van der Waals surface area contributed by atoms with Gasteiger partial charge in [0.25, 0.3) is 5.91 Å². The van der Waals surface area contributed by atoms with Crippen molar-refractivity contribution in [1.82, 2.24) is 9.97 Å². The topological polar surface area (TPSA) is 129 Å². The number of fused-ring (bicyclic) bond motifs is 2. The standard InChI is InChI=1S/C23H19N5O5S/c1-31-19-12-16-14(11-15(19)21(24)29)18(4-5-25-16)33-13-2-3-17-20(10-13)32-8-7-28(17)23(30)27-22-26-6-9-34-22/h2-6,9-12H,7-8H2,1H3,(H2,24,29)(H,26,27,30). The van der Waals surface area contributed by atoms with Crippen LogP contribution >= 0.6 is 11.3 Å². The molecule has 10 nitrogen and oxygen atoms in total. The molecule has 4 aromatic rings. The first-order valence-electron chi connectivity index (χ1n) is 10.2. The molecule has 0 saturated heterocycles. The summed E-state index contributed by atoms with van der Waals surface area (Å²) in [5.74, 6) is 1.19. The number of nitrogens with one attached hydrogen (secondary N) is 1. The molecule has 5 rings (SSSR count). The van der Waals surface area contributed by atoms with Crippen molar-refractivity contribution in [3.05, 3.63) is 59.7 Å². The number of rotatable bonds is 5. The summed E-state index contributed by atoms with van der Waals surface area (Å²) in [6.45, 7) is 0.735. The predicted octanol–water partition coefficient (Wildman–Crippen LogP) is 4.02. The van der Waals surface area contributed by atoms with Crippen molar-refractivity contribution in [2.45, 2.75) is 0 Å². The molecule has 1 aliphatic rings. The largest absolute Gasteiger partial charge is 0.496 e. The summed E-state index contributed by atoms with van der Waals surface area (Å²) >= 11 is 1.34. The Kier molecular flexibility index (Phi) is 5.60. The zero-order chi connectivity index (χ0) is 23.7. The van der Waals surface area contributed by atoms with Crippen LogP contribution in [0.5, 0.6) is 23.0 Å². The van der Waals surface area contributed by atoms with Gasteiger partial charge in [0.1, 0.15) is 29.6 Å². The number of carbonyl (C=O) groups excluding carboxylic acids is 2. The second-order valence-electron chi connectivity index (χ2n) is 7.24. The number of amides is 3. The summed E-state index contributed by atoms with van der Waals surface area (Å²) in [6.07, 6.45) is 3.23. The Balaban J connectivity index is 1.44. The summed E-state index contributed by atoms with van der Waals surface area (Å²) in [6, 6.07) is 9.84. The molecule has 2 aromatic carbocycles. The number of hydrogen-bond acceptors (Lipinski definition) is 8. The number of primary amides is 1. The third-order valence-corrected chi connectivity index (χ3v) is 5.89. The maximum absolute atomic E-state index is 12.7. The van der Waals surface area contributed by atoms with Gasteiger partial charge in [-0.2, -0.15) is 0 Å². The minimum absolute atomic E-state index is 0.225. The smallest absolute Gasteiger partial charge is 0.328 e. The van der Waals surface area contributed by atoms with Gasteiger partial charge in [-0.25, -0.2) is 9.78 Å². The molecule has 1 aliphatic heterocycles. The summed E-state index contributed by atoms with van der Waals surface area (Å²) in [5.41, 5.74) is 6.93. The van der Waals surface area contributed by atoms with Crippen molar-refractivity contribution in [1.29, 1.82) is 0 Å². The van der Waals surface area contributed by atoms with Crippen molar-refractivity contribution in [2.75, 3.05) is 30.5 Å². The summed E-state index contributed by atoms with van der Waals surface area (Å²) in [7, 11) is 1.46. The van der Waals surface area contributed by atoms with E-state index in [0.29, 0.717) is 57.9 Å². The van der Waals surface area contributed by atoms with Gasteiger partial charge < -0.3 is 19.9 Å². The fourth-order valence-corrected chi connectivity index (χ4v) is 4.16. The first kappa shape index (κ1) is 21.5. The van der Waals surface area contributed by atoms with Crippen molar-refractivity contribution in [3.63, 3.8) is 0 Å². The van der Waals surface area contributed by atoms with Gasteiger partial charge in [-0.05, 0) is 24.3 Å². The van der Waals surface area contributed by atoms with E-state index in [1.807, 2.05) is 0 Å². The number of carbonyl (C=O) groups is 2. The molecule has 3 heterocycles. The number of benzene rings is 2. The highest BCUT2D eigenvalue weighted by Crippen LogP contribution is 2.38. The quantitative estimate of drug-likeness (QED) is 0.444. The third-order valence-electron chi connectivity index (χ3n) is 5.20. The van der Waals surface area contributed by atoms with Crippen molar-refractivity contribution in [3.8, 4) is 23.0 Å². The number of hydrogen-bond donors (Lipinski definition) is 2. The van der Waals surface area contributed by atoms with Crippen LogP contribution in [0.2, 0.25) is 0 Å². The maximum Gasteiger partial charge on any atom is 0.328 e. The van der Waals surface area contributed by atoms with Crippen LogP contribution in [0.3, 0.4) is 0 Å². The van der Waals surface area contributed by atoms with Gasteiger partial charge in [0.2, 0.25) is 0 Å². The lowest BCUT2D eigenvalue weighted by atomic mass is 10.1. The van der Waals surface area contributed by atoms with E-state index < -0.39 is 5.91 Å². The number of anilines is 2. The van der Waals surface area contributed by atoms with Crippen molar-refractivity contribution < 1.29 is 23.8 Å².